The Labute approximate surface area is 89.2 Å². The average molecular weight is 207 g/mol. The highest BCUT2D eigenvalue weighted by Gasteiger charge is 2.08. The second kappa shape index (κ2) is 5.38. The number of hydrogen-bond donors (Lipinski definition) is 1. The van der Waals surface area contributed by atoms with Gasteiger partial charge in [-0.2, -0.15) is 0 Å². The van der Waals surface area contributed by atoms with Crippen LogP contribution in [0.1, 0.15) is 25.5 Å². The van der Waals surface area contributed by atoms with Gasteiger partial charge in [-0.05, 0) is 32.0 Å². The first kappa shape index (κ1) is 11.5. The largest absolute Gasteiger partial charge is 0.481 e. The maximum absolute atomic E-state index is 13.0. The second-order valence-electron chi connectivity index (χ2n) is 3.19. The molecule has 0 amide bonds. The van der Waals surface area contributed by atoms with Crippen LogP contribution < -0.4 is 10.5 Å². The van der Waals surface area contributed by atoms with Crippen molar-refractivity contribution in [3.63, 3.8) is 0 Å². The smallest absolute Gasteiger partial charge is 0.149 e. The predicted octanol–water partition coefficient (Wildman–Crippen LogP) is 2.25. The van der Waals surface area contributed by atoms with E-state index >= 15 is 0 Å². The zero-order valence-electron chi connectivity index (χ0n) is 8.88. The molecule has 1 aromatic rings. The van der Waals surface area contributed by atoms with Crippen molar-refractivity contribution in [2.24, 2.45) is 5.73 Å². The van der Waals surface area contributed by atoms with Crippen LogP contribution in [0.15, 0.2) is 18.2 Å². The van der Waals surface area contributed by atoms with E-state index in [4.69, 9.17) is 10.5 Å². The van der Waals surface area contributed by atoms with E-state index in [0.29, 0.717) is 17.9 Å². The molecule has 0 saturated heterocycles. The monoisotopic (exact) mass is 207 g/mol. The van der Waals surface area contributed by atoms with Crippen LogP contribution in [0.5, 0.6) is 5.75 Å². The molecule has 0 heterocycles. The van der Waals surface area contributed by atoms with E-state index in [9.17, 15) is 4.39 Å². The molecule has 0 spiro atoms. The van der Waals surface area contributed by atoms with Gasteiger partial charge in [0.15, 0.2) is 0 Å². The van der Waals surface area contributed by atoms with Crippen LogP contribution in [0, 0.1) is 17.7 Å². The molecule has 80 valence electrons. The molecule has 15 heavy (non-hydrogen) atoms. The van der Waals surface area contributed by atoms with Gasteiger partial charge in [0.1, 0.15) is 18.2 Å². The topological polar surface area (TPSA) is 35.2 Å². The molecule has 1 rings (SSSR count). The average Bonchev–Trinajstić information content (AvgIpc) is 2.20. The predicted molar refractivity (Wildman–Crippen MR) is 57.9 cm³/mol. The first-order chi connectivity index (χ1) is 7.15. The minimum atomic E-state index is -0.309. The number of hydrogen-bond acceptors (Lipinski definition) is 2. The van der Waals surface area contributed by atoms with Gasteiger partial charge in [-0.15, -0.1) is 5.92 Å². The Balaban J connectivity index is 2.89. The van der Waals surface area contributed by atoms with Crippen molar-refractivity contribution in [3.05, 3.63) is 29.6 Å². The zero-order valence-corrected chi connectivity index (χ0v) is 8.88. The summed E-state index contributed by atoms with van der Waals surface area (Å²) in [5.41, 5.74) is 6.37. The molecular weight excluding hydrogens is 193 g/mol. The molecule has 0 aliphatic carbocycles. The van der Waals surface area contributed by atoms with E-state index < -0.39 is 0 Å². The highest BCUT2D eigenvalue weighted by Crippen LogP contribution is 2.24. The highest BCUT2D eigenvalue weighted by atomic mass is 19.1. The van der Waals surface area contributed by atoms with Crippen LogP contribution in [-0.4, -0.2) is 6.61 Å². The lowest BCUT2D eigenvalue weighted by Gasteiger charge is -2.12. The molecule has 0 bridgehead atoms. The van der Waals surface area contributed by atoms with Gasteiger partial charge in [-0.25, -0.2) is 4.39 Å². The summed E-state index contributed by atoms with van der Waals surface area (Å²) < 4.78 is 18.3. The first-order valence-electron chi connectivity index (χ1n) is 4.72. The van der Waals surface area contributed by atoms with Crippen molar-refractivity contribution < 1.29 is 9.13 Å². The van der Waals surface area contributed by atoms with Crippen LogP contribution >= 0.6 is 0 Å². The van der Waals surface area contributed by atoms with Gasteiger partial charge in [0, 0.05) is 11.6 Å². The van der Waals surface area contributed by atoms with Crippen molar-refractivity contribution in [1.82, 2.24) is 0 Å². The number of nitrogens with two attached hydrogens (primary N) is 1. The van der Waals surface area contributed by atoms with E-state index in [1.807, 2.05) is 0 Å². The standard InChI is InChI=1S/C12H14FNO/c1-3-4-7-15-12-6-5-10(13)8-11(12)9(2)14/h5-6,8-9H,7,14H2,1-2H3/t9-/m1/s1. The van der Waals surface area contributed by atoms with Crippen LogP contribution in [0.2, 0.25) is 0 Å². The minimum Gasteiger partial charge on any atom is -0.481 e. The molecule has 1 atom stereocenters. The molecule has 3 heteroatoms. The quantitative estimate of drug-likeness (QED) is 0.771. The molecule has 0 saturated carbocycles. The van der Waals surface area contributed by atoms with Gasteiger partial charge >= 0.3 is 0 Å². The number of ether oxygens (including phenoxy) is 1. The Morgan fingerprint density at radius 1 is 1.53 bits per heavy atom. The third-order valence-electron chi connectivity index (χ3n) is 1.94. The maximum atomic E-state index is 13.0. The van der Waals surface area contributed by atoms with E-state index in [1.165, 1.54) is 12.1 Å². The number of benzene rings is 1. The summed E-state index contributed by atoms with van der Waals surface area (Å²) in [5, 5.41) is 0. The molecule has 1 aromatic carbocycles. The summed E-state index contributed by atoms with van der Waals surface area (Å²) in [5.74, 6) is 5.77. The lowest BCUT2D eigenvalue weighted by molar-refractivity contribution is 0.363. The van der Waals surface area contributed by atoms with E-state index in [0.717, 1.165) is 0 Å². The Morgan fingerprint density at radius 3 is 2.87 bits per heavy atom. The van der Waals surface area contributed by atoms with Crippen molar-refractivity contribution in [3.8, 4) is 17.6 Å². The summed E-state index contributed by atoms with van der Waals surface area (Å²) in [4.78, 5) is 0. The zero-order chi connectivity index (χ0) is 11.3. The molecule has 0 aliphatic heterocycles. The molecule has 0 aliphatic rings. The van der Waals surface area contributed by atoms with Gasteiger partial charge in [0.25, 0.3) is 0 Å². The third-order valence-corrected chi connectivity index (χ3v) is 1.94. The van der Waals surface area contributed by atoms with E-state index in [1.54, 1.807) is 19.9 Å². The molecule has 2 nitrogen and oxygen atoms in total. The van der Waals surface area contributed by atoms with Crippen LogP contribution in [0.25, 0.3) is 0 Å². The second-order valence-corrected chi connectivity index (χ2v) is 3.19. The number of rotatable bonds is 3. The maximum Gasteiger partial charge on any atom is 0.149 e. The molecule has 0 aromatic heterocycles. The molecule has 2 N–H and O–H groups in total. The molecule has 0 fully saturated rings. The Hall–Kier alpha value is -1.53. The lowest BCUT2D eigenvalue weighted by atomic mass is 10.1. The summed E-state index contributed by atoms with van der Waals surface area (Å²) in [7, 11) is 0. The van der Waals surface area contributed by atoms with Gasteiger partial charge < -0.3 is 10.5 Å². The number of halogens is 1. The summed E-state index contributed by atoms with van der Waals surface area (Å²) in [6, 6.07) is 4.05. The highest BCUT2D eigenvalue weighted by molar-refractivity contribution is 5.36. The Bertz CT molecular complexity index is 390. The Morgan fingerprint density at radius 2 is 2.27 bits per heavy atom. The van der Waals surface area contributed by atoms with Crippen molar-refractivity contribution in [2.75, 3.05) is 6.61 Å². The minimum absolute atomic E-state index is 0.259. The van der Waals surface area contributed by atoms with Crippen LogP contribution in [-0.2, 0) is 0 Å². The van der Waals surface area contributed by atoms with Crippen LogP contribution in [0.3, 0.4) is 0 Å². The molecule has 0 radical (unpaired) electrons. The van der Waals surface area contributed by atoms with Gasteiger partial charge in [0.05, 0.1) is 0 Å². The van der Waals surface area contributed by atoms with E-state index in [2.05, 4.69) is 11.8 Å². The summed E-state index contributed by atoms with van der Waals surface area (Å²) >= 11 is 0. The SMILES string of the molecule is CC#CCOc1ccc(F)cc1[C@@H](C)N. The third kappa shape index (κ3) is 3.26. The summed E-state index contributed by atoms with van der Waals surface area (Å²) in [6.45, 7) is 3.81. The normalized spacial score (nSPS) is 11.5. The molecule has 0 unspecified atom stereocenters. The van der Waals surface area contributed by atoms with Crippen molar-refractivity contribution in [1.29, 1.82) is 0 Å². The molecular formula is C12H14FNO. The fourth-order valence-corrected chi connectivity index (χ4v) is 1.19. The summed E-state index contributed by atoms with van der Waals surface area (Å²) in [6.07, 6.45) is 0. The van der Waals surface area contributed by atoms with Gasteiger partial charge in [-0.1, -0.05) is 5.92 Å². The Kier molecular flexibility index (Phi) is 4.14. The van der Waals surface area contributed by atoms with E-state index in [-0.39, 0.29) is 11.9 Å². The van der Waals surface area contributed by atoms with Gasteiger partial charge in [-0.3, -0.25) is 0 Å². The van der Waals surface area contributed by atoms with Crippen molar-refractivity contribution in [2.45, 2.75) is 19.9 Å². The van der Waals surface area contributed by atoms with Crippen molar-refractivity contribution >= 4 is 0 Å². The van der Waals surface area contributed by atoms with Gasteiger partial charge in [0.2, 0.25) is 0 Å². The lowest BCUT2D eigenvalue weighted by Crippen LogP contribution is -2.08. The van der Waals surface area contributed by atoms with Crippen LogP contribution in [0.4, 0.5) is 4.39 Å². The fourth-order valence-electron chi connectivity index (χ4n) is 1.19. The fraction of sp³-hybridized carbons (Fsp3) is 0.333. The first-order valence-corrected chi connectivity index (χ1v) is 4.72.